The summed E-state index contributed by atoms with van der Waals surface area (Å²) in [6.07, 6.45) is -0.998. The van der Waals surface area contributed by atoms with Crippen LogP contribution in [0.3, 0.4) is 0 Å². The quantitative estimate of drug-likeness (QED) is 0.417. The predicted molar refractivity (Wildman–Crippen MR) is 128 cm³/mol. The van der Waals surface area contributed by atoms with Crippen LogP contribution < -0.4 is 4.90 Å². The number of hydrogen-bond acceptors (Lipinski definition) is 6. The molecule has 2 aromatic carbocycles. The molecule has 192 valence electrons. The van der Waals surface area contributed by atoms with Crippen molar-refractivity contribution in [2.75, 3.05) is 31.6 Å². The minimum absolute atomic E-state index is 0.138. The van der Waals surface area contributed by atoms with Crippen molar-refractivity contribution in [2.24, 2.45) is 0 Å². The normalized spacial score (nSPS) is 13.3. The minimum Gasteiger partial charge on any atom is -0.465 e. The van der Waals surface area contributed by atoms with Crippen LogP contribution in [0.1, 0.15) is 23.6 Å². The fourth-order valence-corrected chi connectivity index (χ4v) is 4.37. The van der Waals surface area contributed by atoms with E-state index in [1.165, 1.54) is 21.8 Å². The van der Waals surface area contributed by atoms with Crippen molar-refractivity contribution in [1.29, 1.82) is 0 Å². The third kappa shape index (κ3) is 5.62. The molecule has 36 heavy (non-hydrogen) atoms. The summed E-state index contributed by atoms with van der Waals surface area (Å²) in [6.45, 7) is 3.71. The Hall–Kier alpha value is -3.60. The van der Waals surface area contributed by atoms with Crippen LogP contribution >= 0.6 is 0 Å². The molecule has 1 amide bonds. The van der Waals surface area contributed by atoms with Gasteiger partial charge in [-0.2, -0.15) is 5.10 Å². The number of fused-ring (bicyclic) bond motifs is 2. The summed E-state index contributed by atoms with van der Waals surface area (Å²) in [5.41, 5.74) is 3.57. The highest BCUT2D eigenvalue weighted by atomic mass is 19.3. The second kappa shape index (κ2) is 10.6. The number of ether oxygens (including phenoxy) is 1. The highest BCUT2D eigenvalue weighted by Crippen LogP contribution is 2.28. The Kier molecular flexibility index (Phi) is 7.48. The molecule has 0 spiro atoms. The summed E-state index contributed by atoms with van der Waals surface area (Å²) < 4.78 is 45.5. The van der Waals surface area contributed by atoms with Crippen molar-refractivity contribution < 1.29 is 27.5 Å². The Morgan fingerprint density at radius 1 is 1.14 bits per heavy atom. The van der Waals surface area contributed by atoms with Crippen LogP contribution in [0, 0.1) is 12.7 Å². The Labute approximate surface area is 206 Å². The molecule has 4 rings (SSSR count). The van der Waals surface area contributed by atoms with Gasteiger partial charge in [0, 0.05) is 37.4 Å². The van der Waals surface area contributed by atoms with Crippen LogP contribution in [0.4, 0.5) is 18.9 Å². The van der Waals surface area contributed by atoms with Gasteiger partial charge in [0.2, 0.25) is 0 Å². The first kappa shape index (κ1) is 25.5. The summed E-state index contributed by atoms with van der Waals surface area (Å²) in [7, 11) is 1.63. The molecule has 0 saturated carbocycles. The maximum Gasteiger partial charge on any atom is 0.325 e. The molecule has 1 aliphatic rings. The molecule has 0 N–H and O–H groups in total. The first-order chi connectivity index (χ1) is 17.1. The third-order valence-corrected chi connectivity index (χ3v) is 6.15. The Bertz CT molecular complexity index is 1280. The van der Waals surface area contributed by atoms with E-state index >= 15 is 0 Å². The van der Waals surface area contributed by atoms with Gasteiger partial charge in [-0.05, 0) is 54.8 Å². The van der Waals surface area contributed by atoms with Crippen molar-refractivity contribution in [2.45, 2.75) is 39.9 Å². The van der Waals surface area contributed by atoms with Gasteiger partial charge in [-0.25, -0.2) is 18.2 Å². The Morgan fingerprint density at radius 2 is 1.89 bits per heavy atom. The molecular weight excluding hydrogens is 475 g/mol. The summed E-state index contributed by atoms with van der Waals surface area (Å²) in [6, 6.07) is 8.05. The molecule has 3 aromatic rings. The highest BCUT2D eigenvalue weighted by Gasteiger charge is 2.28. The molecule has 1 aromatic heterocycles. The van der Waals surface area contributed by atoms with Crippen LogP contribution in [-0.4, -0.2) is 64.8 Å². The van der Waals surface area contributed by atoms with Crippen molar-refractivity contribution in [1.82, 2.24) is 19.8 Å². The Morgan fingerprint density at radius 3 is 2.61 bits per heavy atom. The van der Waals surface area contributed by atoms with Crippen molar-refractivity contribution in [3.63, 3.8) is 0 Å². The number of rotatable bonds is 9. The van der Waals surface area contributed by atoms with Crippen molar-refractivity contribution >= 4 is 28.5 Å². The number of halogens is 3. The molecule has 1 aliphatic heterocycles. The molecule has 0 atom stereocenters. The largest absolute Gasteiger partial charge is 0.465 e. The molecule has 0 fully saturated rings. The summed E-state index contributed by atoms with van der Waals surface area (Å²) in [5.74, 6) is -1.11. The number of likely N-dealkylation sites (N-methyl/N-ethyl adjacent to an activating group) is 1. The molecule has 0 aliphatic carbocycles. The number of aromatic nitrogens is 2. The summed E-state index contributed by atoms with van der Waals surface area (Å²) >= 11 is 0. The van der Waals surface area contributed by atoms with E-state index in [2.05, 4.69) is 5.10 Å². The highest BCUT2D eigenvalue weighted by molar-refractivity contribution is 5.89. The van der Waals surface area contributed by atoms with E-state index in [4.69, 9.17) is 4.74 Å². The van der Waals surface area contributed by atoms with E-state index in [0.29, 0.717) is 29.7 Å². The van der Waals surface area contributed by atoms with Crippen LogP contribution in [0.25, 0.3) is 10.9 Å². The smallest absolute Gasteiger partial charge is 0.325 e. The van der Waals surface area contributed by atoms with Crippen LogP contribution in [0.5, 0.6) is 0 Å². The van der Waals surface area contributed by atoms with E-state index < -0.39 is 18.9 Å². The first-order valence-electron chi connectivity index (χ1n) is 11.6. The number of benzene rings is 2. The van der Waals surface area contributed by atoms with Crippen molar-refractivity contribution in [3.8, 4) is 0 Å². The van der Waals surface area contributed by atoms with Crippen molar-refractivity contribution in [3.05, 3.63) is 59.0 Å². The maximum absolute atomic E-state index is 13.6. The molecule has 11 heteroatoms. The van der Waals surface area contributed by atoms with Gasteiger partial charge >= 0.3 is 5.97 Å². The van der Waals surface area contributed by atoms with Gasteiger partial charge in [0.25, 0.3) is 12.3 Å². The number of alkyl halides is 2. The molecular formula is C25H28F3N5O3. The number of anilines is 1. The van der Waals surface area contributed by atoms with Gasteiger partial charge in [0.15, 0.2) is 0 Å². The molecule has 8 nitrogen and oxygen atoms in total. The fraction of sp³-hybridized carbons (Fsp3) is 0.400. The molecule has 0 saturated heterocycles. The number of esters is 1. The molecule has 2 heterocycles. The minimum atomic E-state index is -2.54. The average Bonchev–Trinajstić information content (AvgIpc) is 3.39. The lowest BCUT2D eigenvalue weighted by Crippen LogP contribution is -2.47. The van der Waals surface area contributed by atoms with E-state index in [9.17, 15) is 22.8 Å². The lowest BCUT2D eigenvalue weighted by Gasteiger charge is -2.31. The molecule has 0 unspecified atom stereocenters. The number of nitrogens with zero attached hydrogens (tertiary/aromatic N) is 5. The number of carbonyl (C=O) groups is 2. The zero-order valence-electron chi connectivity index (χ0n) is 20.4. The monoisotopic (exact) mass is 503 g/mol. The second-order valence-corrected chi connectivity index (χ2v) is 8.75. The van der Waals surface area contributed by atoms with E-state index in [1.54, 1.807) is 48.3 Å². The summed E-state index contributed by atoms with van der Waals surface area (Å²) in [5, 5.41) is 8.17. The number of amides is 1. The average molecular weight is 504 g/mol. The lowest BCUT2D eigenvalue weighted by molar-refractivity contribution is -0.145. The third-order valence-electron chi connectivity index (χ3n) is 6.15. The van der Waals surface area contributed by atoms with E-state index in [1.807, 2.05) is 6.92 Å². The maximum atomic E-state index is 13.6. The van der Waals surface area contributed by atoms with E-state index in [-0.39, 0.29) is 31.4 Å². The second-order valence-electron chi connectivity index (χ2n) is 8.75. The van der Waals surface area contributed by atoms with Gasteiger partial charge in [-0.3, -0.25) is 19.3 Å². The standard InChI is InChI=1S/C25H28F3N5O3/c1-4-36-25(35)15-31(22-9-21-19(7-16(22)2)10-32(29-21)13-23(27)28)14-24(34)30(3)33-11-17-5-6-20(26)8-18(17)12-33/h5-10,23H,4,11-15H2,1-3H3. The number of hydrogen-bond donors (Lipinski definition) is 0. The van der Waals surface area contributed by atoms with Gasteiger partial charge < -0.3 is 9.64 Å². The van der Waals surface area contributed by atoms with Gasteiger partial charge in [0.1, 0.15) is 18.9 Å². The number of carbonyl (C=O) groups excluding carboxylic acids is 2. The van der Waals surface area contributed by atoms with Gasteiger partial charge in [-0.15, -0.1) is 0 Å². The van der Waals surface area contributed by atoms with Gasteiger partial charge in [0.05, 0.1) is 18.7 Å². The van der Waals surface area contributed by atoms with Crippen LogP contribution in [-0.2, 0) is 34.0 Å². The topological polar surface area (TPSA) is 70.9 Å². The number of hydrazine groups is 1. The lowest BCUT2D eigenvalue weighted by atomic mass is 10.1. The fourth-order valence-electron chi connectivity index (χ4n) is 4.37. The van der Waals surface area contributed by atoms with Crippen LogP contribution in [0.2, 0.25) is 0 Å². The zero-order valence-corrected chi connectivity index (χ0v) is 20.4. The SMILES string of the molecule is CCOC(=O)CN(CC(=O)N(C)N1Cc2ccc(F)cc2C1)c1cc2nn(CC(F)F)cc2cc1C. The predicted octanol–water partition coefficient (Wildman–Crippen LogP) is 3.51. The zero-order chi connectivity index (χ0) is 26.0. The summed E-state index contributed by atoms with van der Waals surface area (Å²) in [4.78, 5) is 27.3. The molecule has 0 radical (unpaired) electrons. The first-order valence-corrected chi connectivity index (χ1v) is 11.6. The van der Waals surface area contributed by atoms with Crippen LogP contribution in [0.15, 0.2) is 36.5 Å². The molecule has 0 bridgehead atoms. The van der Waals surface area contributed by atoms with Gasteiger partial charge in [-0.1, -0.05) is 6.07 Å². The number of aryl methyl sites for hydroxylation is 1. The van der Waals surface area contributed by atoms with E-state index in [0.717, 1.165) is 16.7 Å². The Balaban J connectivity index is 1.57.